The van der Waals surface area contributed by atoms with Gasteiger partial charge in [0.25, 0.3) is 0 Å². The van der Waals surface area contributed by atoms with E-state index in [4.69, 9.17) is 0 Å². The number of rotatable bonds is 5. The molecule has 1 aliphatic rings. The molecule has 3 N–H and O–H groups in total. The molecule has 1 aliphatic heterocycles. The van der Waals surface area contributed by atoms with Gasteiger partial charge in [0.05, 0.1) is 0 Å². The third-order valence-electron chi connectivity index (χ3n) is 2.81. The first-order chi connectivity index (χ1) is 8.67. The highest BCUT2D eigenvalue weighted by atomic mass is 16.1. The molecule has 1 aromatic rings. The third-order valence-corrected chi connectivity index (χ3v) is 2.81. The maximum atomic E-state index is 11.1. The number of carbonyl (C=O) groups excluding carboxylic acids is 1. The first kappa shape index (κ1) is 12.6. The lowest BCUT2D eigenvalue weighted by atomic mass is 10.2. The summed E-state index contributed by atoms with van der Waals surface area (Å²) in [7, 11) is 0. The largest absolute Gasteiger partial charge is 0.370 e. The second-order valence-corrected chi connectivity index (χ2v) is 4.40. The van der Waals surface area contributed by atoms with Crippen molar-refractivity contribution in [1.82, 2.24) is 15.3 Å². The van der Waals surface area contributed by atoms with E-state index in [9.17, 15) is 4.79 Å². The van der Waals surface area contributed by atoms with Crippen molar-refractivity contribution in [3.05, 3.63) is 11.9 Å². The fourth-order valence-corrected chi connectivity index (χ4v) is 1.99. The van der Waals surface area contributed by atoms with E-state index in [1.807, 2.05) is 19.9 Å². The molecular formula is C12H19N5O. The minimum atomic E-state index is 0.133. The molecule has 6 heteroatoms. The highest BCUT2D eigenvalue weighted by Crippen LogP contribution is 2.12. The van der Waals surface area contributed by atoms with E-state index in [0.717, 1.165) is 30.4 Å². The Hall–Kier alpha value is -1.85. The predicted octanol–water partition coefficient (Wildman–Crippen LogP) is 0.907. The summed E-state index contributed by atoms with van der Waals surface area (Å²) in [6.45, 7) is 5.42. The summed E-state index contributed by atoms with van der Waals surface area (Å²) in [4.78, 5) is 19.7. The molecule has 0 bridgehead atoms. The van der Waals surface area contributed by atoms with Gasteiger partial charge in [-0.25, -0.2) is 9.97 Å². The van der Waals surface area contributed by atoms with Crippen molar-refractivity contribution >= 4 is 17.5 Å². The Bertz CT molecular complexity index is 434. The third kappa shape index (κ3) is 3.32. The smallest absolute Gasteiger partial charge is 0.220 e. The van der Waals surface area contributed by atoms with Gasteiger partial charge in [0.15, 0.2) is 0 Å². The van der Waals surface area contributed by atoms with Crippen LogP contribution in [0.5, 0.6) is 0 Å². The fraction of sp³-hybridized carbons (Fsp3) is 0.583. The minimum Gasteiger partial charge on any atom is -0.370 e. The van der Waals surface area contributed by atoms with Gasteiger partial charge < -0.3 is 16.0 Å². The Morgan fingerprint density at radius 1 is 1.39 bits per heavy atom. The van der Waals surface area contributed by atoms with Crippen LogP contribution in [0, 0.1) is 6.92 Å². The normalized spacial score (nSPS) is 18.6. The zero-order valence-electron chi connectivity index (χ0n) is 10.8. The molecule has 2 rings (SSSR count). The number of hydrogen-bond acceptors (Lipinski definition) is 5. The zero-order valence-corrected chi connectivity index (χ0v) is 10.8. The van der Waals surface area contributed by atoms with Crippen molar-refractivity contribution in [2.75, 3.05) is 23.7 Å². The molecule has 1 aromatic heterocycles. The van der Waals surface area contributed by atoms with Crippen molar-refractivity contribution < 1.29 is 4.79 Å². The van der Waals surface area contributed by atoms with Gasteiger partial charge in [-0.3, -0.25) is 4.79 Å². The molecule has 0 spiro atoms. The van der Waals surface area contributed by atoms with E-state index in [-0.39, 0.29) is 11.9 Å². The van der Waals surface area contributed by atoms with Gasteiger partial charge in [0.2, 0.25) is 5.91 Å². The zero-order chi connectivity index (χ0) is 13.0. The second kappa shape index (κ2) is 5.66. The number of nitrogens with one attached hydrogen (secondary N) is 3. The van der Waals surface area contributed by atoms with Crippen LogP contribution < -0.4 is 16.0 Å². The van der Waals surface area contributed by atoms with Gasteiger partial charge in [0.1, 0.15) is 17.5 Å². The summed E-state index contributed by atoms with van der Waals surface area (Å²) in [5, 5.41) is 9.32. The lowest BCUT2D eigenvalue weighted by molar-refractivity contribution is -0.119. The van der Waals surface area contributed by atoms with Gasteiger partial charge >= 0.3 is 0 Å². The predicted molar refractivity (Wildman–Crippen MR) is 70.6 cm³/mol. The highest BCUT2D eigenvalue weighted by molar-refractivity contribution is 5.78. The van der Waals surface area contributed by atoms with Crippen molar-refractivity contribution in [2.24, 2.45) is 0 Å². The maximum Gasteiger partial charge on any atom is 0.220 e. The SMILES string of the molecule is CCNc1cc(NCC2CCC(=O)N2)nc(C)n1. The Kier molecular flexibility index (Phi) is 3.96. The number of aromatic nitrogens is 2. The summed E-state index contributed by atoms with van der Waals surface area (Å²) < 4.78 is 0. The molecule has 2 heterocycles. The topological polar surface area (TPSA) is 78.9 Å². The summed E-state index contributed by atoms with van der Waals surface area (Å²) in [5.41, 5.74) is 0. The molecule has 0 aliphatic carbocycles. The number of amides is 1. The van der Waals surface area contributed by atoms with Crippen LogP contribution in [0.2, 0.25) is 0 Å². The number of hydrogen-bond donors (Lipinski definition) is 3. The van der Waals surface area contributed by atoms with Gasteiger partial charge in [-0.05, 0) is 20.3 Å². The average molecular weight is 249 g/mol. The molecule has 0 aromatic carbocycles. The second-order valence-electron chi connectivity index (χ2n) is 4.40. The highest BCUT2D eigenvalue weighted by Gasteiger charge is 2.20. The van der Waals surface area contributed by atoms with Gasteiger partial charge in [0, 0.05) is 31.6 Å². The fourth-order valence-electron chi connectivity index (χ4n) is 1.99. The number of anilines is 2. The van der Waals surface area contributed by atoms with Crippen molar-refractivity contribution in [3.8, 4) is 0 Å². The van der Waals surface area contributed by atoms with Crippen LogP contribution in [0.3, 0.4) is 0 Å². The lowest BCUT2D eigenvalue weighted by Crippen LogP contribution is -2.32. The van der Waals surface area contributed by atoms with Gasteiger partial charge in [-0.15, -0.1) is 0 Å². The Morgan fingerprint density at radius 2 is 2.11 bits per heavy atom. The number of aryl methyl sites for hydroxylation is 1. The van der Waals surface area contributed by atoms with Crippen LogP contribution in [-0.2, 0) is 4.79 Å². The van der Waals surface area contributed by atoms with E-state index in [1.165, 1.54) is 0 Å². The van der Waals surface area contributed by atoms with Crippen LogP contribution in [0.15, 0.2) is 6.07 Å². The molecule has 0 radical (unpaired) electrons. The number of nitrogens with zero attached hydrogens (tertiary/aromatic N) is 2. The Morgan fingerprint density at radius 3 is 2.72 bits per heavy atom. The molecule has 0 saturated carbocycles. The van der Waals surface area contributed by atoms with Crippen LogP contribution >= 0.6 is 0 Å². The minimum absolute atomic E-state index is 0.133. The monoisotopic (exact) mass is 249 g/mol. The molecule has 18 heavy (non-hydrogen) atoms. The van der Waals surface area contributed by atoms with Gasteiger partial charge in [-0.1, -0.05) is 0 Å². The average Bonchev–Trinajstić information content (AvgIpc) is 2.72. The molecule has 6 nitrogen and oxygen atoms in total. The molecule has 1 amide bonds. The van der Waals surface area contributed by atoms with Crippen LogP contribution in [0.25, 0.3) is 0 Å². The van der Waals surface area contributed by atoms with E-state index >= 15 is 0 Å². The molecule has 1 atom stereocenters. The maximum absolute atomic E-state index is 11.1. The number of carbonyl (C=O) groups is 1. The van der Waals surface area contributed by atoms with E-state index < -0.39 is 0 Å². The van der Waals surface area contributed by atoms with Crippen LogP contribution in [0.4, 0.5) is 11.6 Å². The summed E-state index contributed by atoms with van der Waals surface area (Å²) in [6, 6.07) is 2.09. The Labute approximate surface area is 107 Å². The van der Waals surface area contributed by atoms with E-state index in [1.54, 1.807) is 0 Å². The van der Waals surface area contributed by atoms with Crippen molar-refractivity contribution in [1.29, 1.82) is 0 Å². The summed E-state index contributed by atoms with van der Waals surface area (Å²) >= 11 is 0. The van der Waals surface area contributed by atoms with E-state index in [2.05, 4.69) is 25.9 Å². The molecule has 98 valence electrons. The molecule has 1 saturated heterocycles. The van der Waals surface area contributed by atoms with Crippen molar-refractivity contribution in [2.45, 2.75) is 32.7 Å². The first-order valence-corrected chi connectivity index (χ1v) is 6.30. The van der Waals surface area contributed by atoms with E-state index in [0.29, 0.717) is 13.0 Å². The van der Waals surface area contributed by atoms with Crippen LogP contribution in [-0.4, -0.2) is 35.0 Å². The first-order valence-electron chi connectivity index (χ1n) is 6.30. The molecule has 1 unspecified atom stereocenters. The quantitative estimate of drug-likeness (QED) is 0.723. The van der Waals surface area contributed by atoms with Gasteiger partial charge in [-0.2, -0.15) is 0 Å². The summed E-state index contributed by atoms with van der Waals surface area (Å²) in [5.74, 6) is 2.47. The molecular weight excluding hydrogens is 230 g/mol. The molecule has 1 fully saturated rings. The lowest BCUT2D eigenvalue weighted by Gasteiger charge is -2.13. The van der Waals surface area contributed by atoms with Crippen molar-refractivity contribution in [3.63, 3.8) is 0 Å². The van der Waals surface area contributed by atoms with Crippen LogP contribution in [0.1, 0.15) is 25.6 Å². The Balaban J connectivity index is 1.94. The summed E-state index contributed by atoms with van der Waals surface area (Å²) in [6.07, 6.45) is 1.51. The standard InChI is InChI=1S/C12H19N5O/c1-3-13-10-6-11(16-8(2)15-10)14-7-9-4-5-12(18)17-9/h6,9H,3-5,7H2,1-2H3,(H,17,18)(H2,13,14,15,16).